The van der Waals surface area contributed by atoms with E-state index in [2.05, 4.69) is 20.4 Å². The molecule has 5 rings (SSSR count). The monoisotopic (exact) mass is 344 g/mol. The van der Waals surface area contributed by atoms with Crippen molar-refractivity contribution in [3.05, 3.63) is 12.2 Å². The first kappa shape index (κ1) is 16.0. The van der Waals surface area contributed by atoms with Crippen molar-refractivity contribution in [2.45, 2.75) is 76.4 Å². The van der Waals surface area contributed by atoms with Gasteiger partial charge in [-0.3, -0.25) is 9.59 Å². The van der Waals surface area contributed by atoms with Gasteiger partial charge in [-0.2, -0.15) is 0 Å². The van der Waals surface area contributed by atoms with E-state index in [1.807, 2.05) is 0 Å². The van der Waals surface area contributed by atoms with Crippen LogP contribution in [0.3, 0.4) is 0 Å². The Kier molecular flexibility index (Phi) is 2.71. The van der Waals surface area contributed by atoms with Crippen LogP contribution in [0.2, 0.25) is 0 Å². The van der Waals surface area contributed by atoms with E-state index in [9.17, 15) is 9.59 Å². The van der Waals surface area contributed by atoms with E-state index < -0.39 is 16.6 Å². The van der Waals surface area contributed by atoms with Crippen molar-refractivity contribution in [3.8, 4) is 0 Å². The summed E-state index contributed by atoms with van der Waals surface area (Å²) in [6, 6.07) is 0. The topological polar surface area (TPSA) is 52.6 Å². The molecule has 1 saturated heterocycles. The summed E-state index contributed by atoms with van der Waals surface area (Å²) in [5.41, 5.74) is -1.47. The van der Waals surface area contributed by atoms with Gasteiger partial charge in [0.1, 0.15) is 5.60 Å². The second kappa shape index (κ2) is 4.21. The van der Waals surface area contributed by atoms with Gasteiger partial charge in [0, 0.05) is 29.4 Å². The van der Waals surface area contributed by atoms with Crippen LogP contribution in [-0.2, 0) is 19.1 Å². The maximum Gasteiger partial charge on any atom is 0.312 e. The molecule has 136 valence electrons. The second-order valence-corrected chi connectivity index (χ2v) is 9.74. The summed E-state index contributed by atoms with van der Waals surface area (Å²) in [6.45, 7) is 8.48. The van der Waals surface area contributed by atoms with Crippen molar-refractivity contribution in [1.29, 1.82) is 0 Å². The van der Waals surface area contributed by atoms with E-state index in [-0.39, 0.29) is 28.5 Å². The number of rotatable bonds is 1. The maximum absolute atomic E-state index is 13.5. The summed E-state index contributed by atoms with van der Waals surface area (Å²) >= 11 is 0. The highest BCUT2D eigenvalue weighted by Crippen LogP contribution is 2.77. The molecule has 4 nitrogen and oxygen atoms in total. The molecule has 25 heavy (non-hydrogen) atoms. The first-order chi connectivity index (χ1) is 11.7. The lowest BCUT2D eigenvalue weighted by atomic mass is 9.39. The van der Waals surface area contributed by atoms with Gasteiger partial charge >= 0.3 is 5.97 Å². The molecule has 6 atom stereocenters. The minimum atomic E-state index is -0.499. The molecule has 4 aliphatic carbocycles. The SMILES string of the molecule is C=C1C(=O)[C@@]23CC[C@@H]4[C@@]5(C)CCC[C@@]4(OC5=O)[C@]2(C)CC[C@]1(OC)C3. The van der Waals surface area contributed by atoms with Gasteiger partial charge in [0.05, 0.1) is 11.0 Å². The highest BCUT2D eigenvalue weighted by Gasteiger charge is 2.81. The number of carbonyl (C=O) groups excluding carboxylic acids is 2. The molecule has 5 aliphatic rings. The molecular formula is C21H28O4. The Morgan fingerprint density at radius 2 is 1.88 bits per heavy atom. The van der Waals surface area contributed by atoms with Gasteiger partial charge in [0.15, 0.2) is 5.78 Å². The van der Waals surface area contributed by atoms with E-state index in [4.69, 9.17) is 9.47 Å². The quantitative estimate of drug-likeness (QED) is 0.539. The zero-order chi connectivity index (χ0) is 17.9. The van der Waals surface area contributed by atoms with Gasteiger partial charge in [0.2, 0.25) is 0 Å². The Bertz CT molecular complexity index is 727. The Balaban J connectivity index is 1.71. The summed E-state index contributed by atoms with van der Waals surface area (Å²) < 4.78 is 12.2. The molecule has 0 aromatic rings. The third kappa shape index (κ3) is 1.35. The van der Waals surface area contributed by atoms with Crippen LogP contribution in [0.4, 0.5) is 0 Å². The summed E-state index contributed by atoms with van der Waals surface area (Å²) in [7, 11) is 1.71. The van der Waals surface area contributed by atoms with E-state index in [0.717, 1.165) is 44.9 Å². The largest absolute Gasteiger partial charge is 0.458 e. The van der Waals surface area contributed by atoms with Gasteiger partial charge in [-0.1, -0.05) is 13.5 Å². The van der Waals surface area contributed by atoms with Crippen molar-refractivity contribution in [1.82, 2.24) is 0 Å². The fourth-order valence-corrected chi connectivity index (χ4v) is 7.88. The van der Waals surface area contributed by atoms with Crippen molar-refractivity contribution >= 4 is 11.8 Å². The number of methoxy groups -OCH3 is 1. The minimum Gasteiger partial charge on any atom is -0.458 e. The molecule has 0 unspecified atom stereocenters. The zero-order valence-corrected chi connectivity index (χ0v) is 15.6. The standard InChI is InChI=1S/C21H28O4/c1-13-15(22)19-9-6-14-17(2)7-5-8-21(14,25-16(17)23)18(19,3)10-11-20(13,12-19)24-4/h14H,1,5-12H2,2-4H3/t14-,17-,18-,19+,20+,21+/m1/s1. The molecule has 0 amide bonds. The van der Waals surface area contributed by atoms with Crippen molar-refractivity contribution in [2.75, 3.05) is 7.11 Å². The molecular weight excluding hydrogens is 316 g/mol. The number of Topliss-reactive ketones (excluding diaryl/α,β-unsaturated/α-hetero) is 1. The predicted octanol–water partition coefficient (Wildman–Crippen LogP) is 3.58. The molecule has 1 heterocycles. The molecule has 1 aliphatic heterocycles. The Hall–Kier alpha value is -1.16. The van der Waals surface area contributed by atoms with Crippen LogP contribution in [0.25, 0.3) is 0 Å². The number of hydrogen-bond donors (Lipinski definition) is 0. The lowest BCUT2D eigenvalue weighted by Crippen LogP contribution is -2.67. The van der Waals surface area contributed by atoms with E-state index in [1.54, 1.807) is 7.11 Å². The molecule has 4 heteroatoms. The molecule has 0 radical (unpaired) electrons. The first-order valence-corrected chi connectivity index (χ1v) is 9.74. The van der Waals surface area contributed by atoms with Crippen molar-refractivity contribution < 1.29 is 19.1 Å². The molecule has 5 fully saturated rings. The smallest absolute Gasteiger partial charge is 0.312 e. The van der Waals surface area contributed by atoms with Gasteiger partial charge in [-0.05, 0) is 58.3 Å². The molecule has 4 saturated carbocycles. The molecule has 4 bridgehead atoms. The number of ether oxygens (including phenoxy) is 2. The van der Waals surface area contributed by atoms with Crippen LogP contribution in [-0.4, -0.2) is 30.1 Å². The van der Waals surface area contributed by atoms with Gasteiger partial charge in [-0.15, -0.1) is 0 Å². The summed E-state index contributed by atoms with van der Waals surface area (Å²) in [6.07, 6.45) is 6.95. The van der Waals surface area contributed by atoms with Crippen LogP contribution < -0.4 is 0 Å². The highest BCUT2D eigenvalue weighted by atomic mass is 16.6. The average Bonchev–Trinajstić information content (AvgIpc) is 2.85. The highest BCUT2D eigenvalue weighted by molar-refractivity contribution is 6.05. The van der Waals surface area contributed by atoms with Gasteiger partial charge in [-0.25, -0.2) is 0 Å². The lowest BCUT2D eigenvalue weighted by molar-refractivity contribution is -0.232. The number of fused-ring (bicyclic) bond motifs is 1. The molecule has 0 aromatic carbocycles. The van der Waals surface area contributed by atoms with E-state index >= 15 is 0 Å². The Morgan fingerprint density at radius 1 is 1.12 bits per heavy atom. The number of esters is 1. The molecule has 1 spiro atoms. The number of hydrogen-bond acceptors (Lipinski definition) is 4. The third-order valence-corrected chi connectivity index (χ3v) is 9.43. The normalized spacial score (nSPS) is 56.4. The van der Waals surface area contributed by atoms with Crippen LogP contribution in [0.1, 0.15) is 65.2 Å². The lowest BCUT2D eigenvalue weighted by Gasteiger charge is -2.64. The first-order valence-electron chi connectivity index (χ1n) is 9.74. The van der Waals surface area contributed by atoms with E-state index in [1.165, 1.54) is 0 Å². The van der Waals surface area contributed by atoms with Crippen LogP contribution in [0.5, 0.6) is 0 Å². The van der Waals surface area contributed by atoms with Crippen LogP contribution in [0.15, 0.2) is 12.2 Å². The second-order valence-electron chi connectivity index (χ2n) is 9.74. The Labute approximate surface area is 149 Å². The number of carbonyl (C=O) groups is 2. The predicted molar refractivity (Wildman–Crippen MR) is 91.8 cm³/mol. The summed E-state index contributed by atoms with van der Waals surface area (Å²) in [5, 5.41) is 0. The fraction of sp³-hybridized carbons (Fsp3) is 0.810. The molecule has 0 aromatic heterocycles. The summed E-state index contributed by atoms with van der Waals surface area (Å²) in [5.74, 6) is 0.395. The average molecular weight is 344 g/mol. The van der Waals surface area contributed by atoms with Gasteiger partial charge in [0.25, 0.3) is 0 Å². The fourth-order valence-electron chi connectivity index (χ4n) is 7.88. The molecule has 0 N–H and O–H groups in total. The maximum atomic E-state index is 13.5. The van der Waals surface area contributed by atoms with Crippen molar-refractivity contribution in [2.24, 2.45) is 22.2 Å². The van der Waals surface area contributed by atoms with E-state index in [0.29, 0.717) is 12.0 Å². The summed E-state index contributed by atoms with van der Waals surface area (Å²) in [4.78, 5) is 26.4. The van der Waals surface area contributed by atoms with Crippen molar-refractivity contribution in [3.63, 3.8) is 0 Å². The zero-order valence-electron chi connectivity index (χ0n) is 15.6. The van der Waals surface area contributed by atoms with Gasteiger partial charge < -0.3 is 9.47 Å². The third-order valence-electron chi connectivity index (χ3n) is 9.43. The van der Waals surface area contributed by atoms with Crippen LogP contribution >= 0.6 is 0 Å². The van der Waals surface area contributed by atoms with Crippen LogP contribution in [0, 0.1) is 22.2 Å². The minimum absolute atomic E-state index is 0.0267. The Morgan fingerprint density at radius 3 is 2.60 bits per heavy atom. The number of ketones is 1.